The molecule has 1 saturated heterocycles. The largest absolute Gasteiger partial charge is 0.299 e. The third-order valence-corrected chi connectivity index (χ3v) is 3.56. The lowest BCUT2D eigenvalue weighted by Gasteiger charge is -2.22. The Labute approximate surface area is 100 Å². The number of rotatable bonds is 3. The Bertz CT molecular complexity index is 506. The van der Waals surface area contributed by atoms with Gasteiger partial charge in [0.15, 0.2) is 5.65 Å². The highest BCUT2D eigenvalue weighted by molar-refractivity contribution is 5.68. The first-order valence-electron chi connectivity index (χ1n) is 6.26. The minimum absolute atomic E-state index is 0.590. The first kappa shape index (κ1) is 10.7. The van der Waals surface area contributed by atoms with E-state index in [1.54, 1.807) is 6.20 Å². The summed E-state index contributed by atoms with van der Waals surface area (Å²) in [5.41, 5.74) is 1.78. The van der Waals surface area contributed by atoms with E-state index in [2.05, 4.69) is 27.1 Å². The molecule has 3 rings (SSSR count). The maximum atomic E-state index is 4.35. The van der Waals surface area contributed by atoms with E-state index in [1.807, 2.05) is 16.8 Å². The molecule has 0 spiro atoms. The molecule has 0 aromatic carbocycles. The van der Waals surface area contributed by atoms with Crippen LogP contribution in [0.25, 0.3) is 11.2 Å². The van der Waals surface area contributed by atoms with E-state index < -0.39 is 0 Å². The topological polar surface area (TPSA) is 46.8 Å². The summed E-state index contributed by atoms with van der Waals surface area (Å²) in [6, 6.07) is 4.44. The Balaban J connectivity index is 1.85. The van der Waals surface area contributed by atoms with E-state index in [0.29, 0.717) is 6.04 Å². The summed E-state index contributed by atoms with van der Waals surface area (Å²) >= 11 is 0. The van der Waals surface area contributed by atoms with Gasteiger partial charge in [-0.1, -0.05) is 12.1 Å². The summed E-state index contributed by atoms with van der Waals surface area (Å²) < 4.78 is 1.94. The van der Waals surface area contributed by atoms with Gasteiger partial charge in [-0.3, -0.25) is 4.90 Å². The molecule has 1 aliphatic rings. The SMILES string of the molecule is CCN1CCCC1Cn1nnc2cccnc21. The lowest BCUT2D eigenvalue weighted by atomic mass is 10.2. The molecule has 1 atom stereocenters. The summed E-state index contributed by atoms with van der Waals surface area (Å²) in [5, 5.41) is 8.35. The zero-order chi connectivity index (χ0) is 11.7. The zero-order valence-corrected chi connectivity index (χ0v) is 10.1. The minimum Gasteiger partial charge on any atom is -0.299 e. The molecule has 17 heavy (non-hydrogen) atoms. The molecule has 2 aromatic rings. The molecule has 1 unspecified atom stereocenters. The molecule has 5 heteroatoms. The van der Waals surface area contributed by atoms with Crippen LogP contribution in [0.15, 0.2) is 18.3 Å². The molecule has 0 N–H and O–H groups in total. The van der Waals surface area contributed by atoms with Gasteiger partial charge in [0, 0.05) is 12.2 Å². The van der Waals surface area contributed by atoms with E-state index in [-0.39, 0.29) is 0 Å². The van der Waals surface area contributed by atoms with Gasteiger partial charge in [-0.25, -0.2) is 9.67 Å². The van der Waals surface area contributed by atoms with Crippen LogP contribution in [-0.2, 0) is 6.54 Å². The van der Waals surface area contributed by atoms with Crippen LogP contribution >= 0.6 is 0 Å². The van der Waals surface area contributed by atoms with Crippen LogP contribution in [0.3, 0.4) is 0 Å². The van der Waals surface area contributed by atoms with Crippen molar-refractivity contribution in [1.82, 2.24) is 24.9 Å². The average Bonchev–Trinajstić information content (AvgIpc) is 2.97. The Morgan fingerprint density at radius 2 is 2.41 bits per heavy atom. The number of likely N-dealkylation sites (N-methyl/N-ethyl adjacent to an activating group) is 1. The normalized spacial score (nSPS) is 21.4. The van der Waals surface area contributed by atoms with Crippen LogP contribution in [0.4, 0.5) is 0 Å². The summed E-state index contributed by atoms with van der Waals surface area (Å²) in [6.07, 6.45) is 4.34. The number of pyridine rings is 1. The van der Waals surface area contributed by atoms with Gasteiger partial charge >= 0.3 is 0 Å². The van der Waals surface area contributed by atoms with E-state index in [9.17, 15) is 0 Å². The molecule has 1 aliphatic heterocycles. The molecule has 90 valence electrons. The molecule has 0 saturated carbocycles. The van der Waals surface area contributed by atoms with Gasteiger partial charge in [-0.05, 0) is 38.1 Å². The maximum Gasteiger partial charge on any atom is 0.178 e. The monoisotopic (exact) mass is 231 g/mol. The molecule has 5 nitrogen and oxygen atoms in total. The smallest absolute Gasteiger partial charge is 0.178 e. The van der Waals surface area contributed by atoms with Crippen LogP contribution in [0.2, 0.25) is 0 Å². The second kappa shape index (κ2) is 4.41. The van der Waals surface area contributed by atoms with Crippen molar-refractivity contribution in [3.05, 3.63) is 18.3 Å². The second-order valence-electron chi connectivity index (χ2n) is 4.54. The molecule has 3 heterocycles. The number of hydrogen-bond donors (Lipinski definition) is 0. The molecule has 2 aromatic heterocycles. The Morgan fingerprint density at radius 3 is 3.29 bits per heavy atom. The molecule has 1 fully saturated rings. The van der Waals surface area contributed by atoms with Gasteiger partial charge in [0.25, 0.3) is 0 Å². The molecule has 0 radical (unpaired) electrons. The van der Waals surface area contributed by atoms with Gasteiger partial charge in [0.05, 0.1) is 6.54 Å². The number of aromatic nitrogens is 4. The van der Waals surface area contributed by atoms with Crippen molar-refractivity contribution in [2.24, 2.45) is 0 Å². The summed E-state index contributed by atoms with van der Waals surface area (Å²) in [5.74, 6) is 0. The fraction of sp³-hybridized carbons (Fsp3) is 0.583. The highest BCUT2D eigenvalue weighted by atomic mass is 15.4. The number of likely N-dealkylation sites (tertiary alicyclic amines) is 1. The van der Waals surface area contributed by atoms with Gasteiger partial charge < -0.3 is 0 Å². The van der Waals surface area contributed by atoms with E-state index in [4.69, 9.17) is 0 Å². The Hall–Kier alpha value is -1.49. The molecule has 0 aliphatic carbocycles. The van der Waals surface area contributed by atoms with Crippen LogP contribution < -0.4 is 0 Å². The first-order chi connectivity index (χ1) is 8.38. The highest BCUT2D eigenvalue weighted by Gasteiger charge is 2.24. The average molecular weight is 231 g/mol. The first-order valence-corrected chi connectivity index (χ1v) is 6.26. The van der Waals surface area contributed by atoms with Crippen molar-refractivity contribution in [3.63, 3.8) is 0 Å². The fourth-order valence-electron chi connectivity index (χ4n) is 2.65. The zero-order valence-electron chi connectivity index (χ0n) is 10.1. The standard InChI is InChI=1S/C12H17N5/c1-2-16-8-4-5-10(16)9-17-12-11(14-15-17)6-3-7-13-12/h3,6-7,10H,2,4-5,8-9H2,1H3. The third-order valence-electron chi connectivity index (χ3n) is 3.56. The summed E-state index contributed by atoms with van der Waals surface area (Å²) in [7, 11) is 0. The van der Waals surface area contributed by atoms with Crippen molar-refractivity contribution >= 4 is 11.2 Å². The number of fused-ring (bicyclic) bond motifs is 1. The van der Waals surface area contributed by atoms with Crippen LogP contribution in [-0.4, -0.2) is 44.0 Å². The summed E-state index contributed by atoms with van der Waals surface area (Å²) in [4.78, 5) is 6.86. The lowest BCUT2D eigenvalue weighted by molar-refractivity contribution is 0.239. The van der Waals surface area contributed by atoms with Crippen molar-refractivity contribution in [3.8, 4) is 0 Å². The van der Waals surface area contributed by atoms with E-state index >= 15 is 0 Å². The van der Waals surface area contributed by atoms with Crippen molar-refractivity contribution in [1.29, 1.82) is 0 Å². The Kier molecular flexibility index (Phi) is 2.76. The molecule has 0 bridgehead atoms. The Morgan fingerprint density at radius 1 is 1.47 bits per heavy atom. The molecular formula is C12H17N5. The van der Waals surface area contributed by atoms with E-state index in [1.165, 1.54) is 19.4 Å². The van der Waals surface area contributed by atoms with Gasteiger partial charge in [0.1, 0.15) is 5.52 Å². The van der Waals surface area contributed by atoms with Crippen molar-refractivity contribution in [2.45, 2.75) is 32.4 Å². The predicted octanol–water partition coefficient (Wildman–Crippen LogP) is 1.31. The van der Waals surface area contributed by atoms with Gasteiger partial charge in [0.2, 0.25) is 0 Å². The summed E-state index contributed by atoms with van der Waals surface area (Å²) in [6.45, 7) is 5.45. The minimum atomic E-state index is 0.590. The van der Waals surface area contributed by atoms with Gasteiger partial charge in [-0.15, -0.1) is 5.10 Å². The lowest BCUT2D eigenvalue weighted by Crippen LogP contribution is -2.33. The fourth-order valence-corrected chi connectivity index (χ4v) is 2.65. The maximum absolute atomic E-state index is 4.35. The quantitative estimate of drug-likeness (QED) is 0.799. The second-order valence-corrected chi connectivity index (χ2v) is 4.54. The highest BCUT2D eigenvalue weighted by Crippen LogP contribution is 2.19. The number of hydrogen-bond acceptors (Lipinski definition) is 4. The third kappa shape index (κ3) is 1.91. The van der Waals surface area contributed by atoms with Gasteiger partial charge in [-0.2, -0.15) is 0 Å². The van der Waals surface area contributed by atoms with Crippen LogP contribution in [0.5, 0.6) is 0 Å². The molecule has 0 amide bonds. The van der Waals surface area contributed by atoms with E-state index in [0.717, 1.165) is 24.3 Å². The van der Waals surface area contributed by atoms with Crippen molar-refractivity contribution in [2.75, 3.05) is 13.1 Å². The molecular weight excluding hydrogens is 214 g/mol. The van der Waals surface area contributed by atoms with Crippen LogP contribution in [0.1, 0.15) is 19.8 Å². The predicted molar refractivity (Wildman–Crippen MR) is 65.6 cm³/mol. The number of nitrogens with zero attached hydrogens (tertiary/aromatic N) is 5. The van der Waals surface area contributed by atoms with Crippen LogP contribution in [0, 0.1) is 0 Å². The van der Waals surface area contributed by atoms with Crippen molar-refractivity contribution < 1.29 is 0 Å².